The van der Waals surface area contributed by atoms with Crippen molar-refractivity contribution < 1.29 is 8.42 Å². The van der Waals surface area contributed by atoms with Crippen LogP contribution in [0.2, 0.25) is 0 Å². The van der Waals surface area contributed by atoms with Crippen molar-refractivity contribution >= 4 is 9.84 Å². The Morgan fingerprint density at radius 1 is 1.28 bits per heavy atom. The molecule has 0 amide bonds. The zero-order chi connectivity index (χ0) is 12.8. The summed E-state index contributed by atoms with van der Waals surface area (Å²) in [4.78, 5) is 0. The van der Waals surface area contributed by atoms with Crippen molar-refractivity contribution in [3.8, 4) is 11.8 Å². The molecule has 96 valence electrons. The van der Waals surface area contributed by atoms with Gasteiger partial charge in [-0.15, -0.1) is 0 Å². The molecule has 1 saturated heterocycles. The first-order valence-electron chi connectivity index (χ1n) is 6.15. The molecule has 0 aromatic heterocycles. The molecule has 0 spiro atoms. The second-order valence-electron chi connectivity index (χ2n) is 4.43. The van der Waals surface area contributed by atoms with Crippen molar-refractivity contribution in [1.82, 2.24) is 5.32 Å². The molecule has 1 atom stereocenters. The predicted octanol–water partition coefficient (Wildman–Crippen LogP) is 1.20. The van der Waals surface area contributed by atoms with Crippen molar-refractivity contribution in [2.45, 2.75) is 18.1 Å². The van der Waals surface area contributed by atoms with Gasteiger partial charge >= 0.3 is 0 Å². The van der Waals surface area contributed by atoms with Crippen LogP contribution in [-0.4, -0.2) is 32.5 Å². The van der Waals surface area contributed by atoms with Gasteiger partial charge in [-0.25, -0.2) is 8.42 Å². The van der Waals surface area contributed by atoms with Gasteiger partial charge < -0.3 is 5.32 Å². The Hall–Kier alpha value is -1.31. The first-order valence-corrected chi connectivity index (χ1v) is 7.86. The van der Waals surface area contributed by atoms with Gasteiger partial charge in [-0.05, 0) is 25.0 Å². The van der Waals surface area contributed by atoms with Crippen LogP contribution in [0.25, 0.3) is 0 Å². The van der Waals surface area contributed by atoms with Crippen LogP contribution in [0.15, 0.2) is 30.3 Å². The summed E-state index contributed by atoms with van der Waals surface area (Å²) in [5.74, 6) is 6.37. The highest BCUT2D eigenvalue weighted by Crippen LogP contribution is 2.18. The summed E-state index contributed by atoms with van der Waals surface area (Å²) in [5, 5.41) is 2.89. The second-order valence-corrected chi connectivity index (χ2v) is 6.83. The molecule has 1 N–H and O–H groups in total. The summed E-state index contributed by atoms with van der Waals surface area (Å²) in [6, 6.07) is 9.75. The van der Waals surface area contributed by atoms with Crippen LogP contribution in [0.5, 0.6) is 0 Å². The van der Waals surface area contributed by atoms with Gasteiger partial charge in [0.15, 0.2) is 9.84 Å². The largest absolute Gasteiger partial charge is 0.305 e. The molecule has 2 rings (SSSR count). The normalized spacial score (nSPS) is 21.2. The van der Waals surface area contributed by atoms with E-state index in [9.17, 15) is 8.42 Å². The third kappa shape index (κ3) is 3.59. The van der Waals surface area contributed by atoms with E-state index in [0.29, 0.717) is 18.8 Å². The smallest absolute Gasteiger partial charge is 0.154 e. The molecule has 3 nitrogen and oxygen atoms in total. The lowest BCUT2D eigenvalue weighted by molar-refractivity contribution is 0.581. The first-order chi connectivity index (χ1) is 8.68. The molecule has 1 aromatic rings. The van der Waals surface area contributed by atoms with Crippen molar-refractivity contribution in [3.63, 3.8) is 0 Å². The summed E-state index contributed by atoms with van der Waals surface area (Å²) in [7, 11) is -2.84. The Kier molecular flexibility index (Phi) is 4.40. The third-order valence-electron chi connectivity index (χ3n) is 3.05. The maximum Gasteiger partial charge on any atom is 0.154 e. The molecular weight excluding hydrogens is 246 g/mol. The van der Waals surface area contributed by atoms with E-state index in [0.717, 1.165) is 18.4 Å². The second kappa shape index (κ2) is 6.03. The summed E-state index contributed by atoms with van der Waals surface area (Å²) < 4.78 is 23.1. The van der Waals surface area contributed by atoms with E-state index < -0.39 is 9.84 Å². The fraction of sp³-hybridized carbons (Fsp3) is 0.429. The van der Waals surface area contributed by atoms with Crippen molar-refractivity contribution in [2.75, 3.05) is 18.8 Å². The van der Waals surface area contributed by atoms with Gasteiger partial charge in [-0.1, -0.05) is 30.0 Å². The maximum atomic E-state index is 11.6. The minimum atomic E-state index is -2.84. The van der Waals surface area contributed by atoms with E-state index in [2.05, 4.69) is 17.2 Å². The number of sulfone groups is 1. The van der Waals surface area contributed by atoms with Crippen LogP contribution in [0.1, 0.15) is 18.4 Å². The topological polar surface area (TPSA) is 46.2 Å². The Bertz CT molecular complexity index is 540. The Morgan fingerprint density at radius 3 is 2.72 bits per heavy atom. The maximum absolute atomic E-state index is 11.6. The summed E-state index contributed by atoms with van der Waals surface area (Å²) in [6.07, 6.45) is 1.58. The first kappa shape index (κ1) is 13.1. The van der Waals surface area contributed by atoms with E-state index >= 15 is 0 Å². The number of nitrogens with one attached hydrogen (secondary N) is 1. The van der Waals surface area contributed by atoms with Gasteiger partial charge in [-0.3, -0.25) is 0 Å². The number of benzene rings is 1. The molecule has 4 heteroatoms. The van der Waals surface area contributed by atoms with Crippen molar-refractivity contribution in [3.05, 3.63) is 35.9 Å². The Labute approximate surface area is 109 Å². The van der Waals surface area contributed by atoms with Gasteiger partial charge in [0, 0.05) is 12.1 Å². The van der Waals surface area contributed by atoms with E-state index in [4.69, 9.17) is 0 Å². The van der Waals surface area contributed by atoms with E-state index in [1.54, 1.807) is 0 Å². The van der Waals surface area contributed by atoms with Crippen molar-refractivity contribution in [1.29, 1.82) is 0 Å². The quantitative estimate of drug-likeness (QED) is 0.658. The fourth-order valence-electron chi connectivity index (χ4n) is 2.05. The lowest BCUT2D eigenvalue weighted by atomic mass is 10.2. The summed E-state index contributed by atoms with van der Waals surface area (Å²) in [5.41, 5.74) is 0.979. The molecule has 1 aliphatic heterocycles. The highest BCUT2D eigenvalue weighted by atomic mass is 32.2. The molecule has 0 aliphatic carbocycles. The molecule has 0 saturated carbocycles. The molecule has 18 heavy (non-hydrogen) atoms. The van der Waals surface area contributed by atoms with Gasteiger partial charge in [0.2, 0.25) is 0 Å². The molecule has 1 unspecified atom stereocenters. The van der Waals surface area contributed by atoms with Crippen LogP contribution in [-0.2, 0) is 9.84 Å². The van der Waals surface area contributed by atoms with Crippen molar-refractivity contribution in [2.24, 2.45) is 0 Å². The minimum Gasteiger partial charge on any atom is -0.305 e. The lowest BCUT2D eigenvalue weighted by Crippen LogP contribution is -2.30. The third-order valence-corrected chi connectivity index (χ3v) is 5.33. The monoisotopic (exact) mass is 263 g/mol. The average Bonchev–Trinajstić information content (AvgIpc) is 2.70. The molecular formula is C14H17NO2S. The van der Waals surface area contributed by atoms with Gasteiger partial charge in [0.1, 0.15) is 0 Å². The Morgan fingerprint density at radius 2 is 2.06 bits per heavy atom. The van der Waals surface area contributed by atoms with Gasteiger partial charge in [0.25, 0.3) is 0 Å². The minimum absolute atomic E-state index is 0.212. The SMILES string of the molecule is O=S1(=O)CCCC1CNCC#Cc1ccccc1. The molecule has 0 bridgehead atoms. The number of hydrogen-bond acceptors (Lipinski definition) is 3. The Balaban J connectivity index is 1.76. The van der Waals surface area contributed by atoms with Crippen LogP contribution < -0.4 is 5.32 Å². The summed E-state index contributed by atoms with van der Waals surface area (Å²) >= 11 is 0. The van der Waals surface area contributed by atoms with Crippen LogP contribution >= 0.6 is 0 Å². The van der Waals surface area contributed by atoms with Gasteiger partial charge in [-0.2, -0.15) is 0 Å². The number of rotatable bonds is 3. The zero-order valence-corrected chi connectivity index (χ0v) is 11.0. The van der Waals surface area contributed by atoms with E-state index in [1.165, 1.54) is 0 Å². The molecule has 0 radical (unpaired) electrons. The van der Waals surface area contributed by atoms with E-state index in [1.807, 2.05) is 30.3 Å². The molecule has 1 aromatic carbocycles. The highest BCUT2D eigenvalue weighted by Gasteiger charge is 2.30. The molecule has 1 heterocycles. The molecule has 1 aliphatic rings. The van der Waals surface area contributed by atoms with Crippen LogP contribution in [0.3, 0.4) is 0 Å². The standard InChI is InChI=1S/C14H17NO2S/c16-18(17)11-5-9-14(18)12-15-10-4-8-13-6-2-1-3-7-13/h1-3,6-7,14-15H,5,9-12H2. The average molecular weight is 263 g/mol. The molecule has 1 fully saturated rings. The number of hydrogen-bond donors (Lipinski definition) is 1. The van der Waals surface area contributed by atoms with E-state index in [-0.39, 0.29) is 5.25 Å². The summed E-state index contributed by atoms with van der Waals surface area (Å²) in [6.45, 7) is 1.05. The zero-order valence-electron chi connectivity index (χ0n) is 10.2. The predicted molar refractivity (Wildman–Crippen MR) is 73.0 cm³/mol. The van der Waals surface area contributed by atoms with Gasteiger partial charge in [0.05, 0.1) is 17.5 Å². The van der Waals surface area contributed by atoms with Crippen LogP contribution in [0, 0.1) is 11.8 Å². The fourth-order valence-corrected chi connectivity index (χ4v) is 3.85. The van der Waals surface area contributed by atoms with Crippen LogP contribution in [0.4, 0.5) is 0 Å². The lowest BCUT2D eigenvalue weighted by Gasteiger charge is -2.08. The highest BCUT2D eigenvalue weighted by molar-refractivity contribution is 7.92.